The zero-order valence-electron chi connectivity index (χ0n) is 11.3. The van der Waals surface area contributed by atoms with E-state index >= 15 is 0 Å². The minimum absolute atomic E-state index is 0.311. The quantitative estimate of drug-likeness (QED) is 0.869. The summed E-state index contributed by atoms with van der Waals surface area (Å²) in [6.07, 6.45) is 2.64. The summed E-state index contributed by atoms with van der Waals surface area (Å²) < 4.78 is 7.19. The van der Waals surface area contributed by atoms with Gasteiger partial charge in [-0.05, 0) is 54.2 Å². The van der Waals surface area contributed by atoms with E-state index in [0.29, 0.717) is 18.1 Å². The van der Waals surface area contributed by atoms with Crippen molar-refractivity contribution in [2.24, 2.45) is 5.92 Å². The number of ether oxygens (including phenoxy) is 1. The lowest BCUT2D eigenvalue weighted by molar-refractivity contribution is 0.0616. The highest BCUT2D eigenvalue weighted by Gasteiger charge is 2.34. The number of hydrogen-bond donors (Lipinski definition) is 1. The van der Waals surface area contributed by atoms with Gasteiger partial charge in [0.1, 0.15) is 0 Å². The molecule has 1 aromatic heterocycles. The molecule has 0 bridgehead atoms. The summed E-state index contributed by atoms with van der Waals surface area (Å²) in [5.41, 5.74) is 0. The van der Waals surface area contributed by atoms with Gasteiger partial charge in [0.2, 0.25) is 0 Å². The molecule has 2 nitrogen and oxygen atoms in total. The Morgan fingerprint density at radius 3 is 2.89 bits per heavy atom. The molecule has 3 unspecified atom stereocenters. The topological polar surface area (TPSA) is 21.3 Å². The lowest BCUT2D eigenvalue weighted by atomic mass is 9.96. The maximum Gasteiger partial charge on any atom is 0.0804 e. The fraction of sp³-hybridized carbons (Fsp3) is 0.714. The molecule has 2 rings (SSSR count). The summed E-state index contributed by atoms with van der Waals surface area (Å²) in [4.78, 5) is 2.74. The molecule has 1 aliphatic heterocycles. The van der Waals surface area contributed by atoms with Crippen LogP contribution in [-0.2, 0) is 4.74 Å². The Balaban J connectivity index is 2.21. The van der Waals surface area contributed by atoms with E-state index in [9.17, 15) is 0 Å². The van der Waals surface area contributed by atoms with Crippen LogP contribution in [0.3, 0.4) is 0 Å². The normalized spacial score (nSPS) is 25.6. The highest BCUT2D eigenvalue weighted by molar-refractivity contribution is 9.10. The number of aryl methyl sites for hydroxylation is 1. The second-order valence-electron chi connectivity index (χ2n) is 5.10. The second kappa shape index (κ2) is 6.51. The van der Waals surface area contributed by atoms with E-state index in [2.05, 4.69) is 48.1 Å². The van der Waals surface area contributed by atoms with Gasteiger partial charge in [-0.2, -0.15) is 0 Å². The Labute approximate surface area is 122 Å². The first-order chi connectivity index (χ1) is 8.63. The minimum atomic E-state index is 0.311. The van der Waals surface area contributed by atoms with Gasteiger partial charge in [0.05, 0.1) is 12.1 Å². The predicted molar refractivity (Wildman–Crippen MR) is 81.3 cm³/mol. The predicted octanol–water partition coefficient (Wildman–Crippen LogP) is 4.28. The van der Waals surface area contributed by atoms with Gasteiger partial charge in [0, 0.05) is 20.8 Å². The average Bonchev–Trinajstić information content (AvgIpc) is 2.87. The third-order valence-corrected chi connectivity index (χ3v) is 5.56. The zero-order chi connectivity index (χ0) is 13.1. The Kier molecular flexibility index (Phi) is 5.24. The van der Waals surface area contributed by atoms with Crippen LogP contribution in [0.1, 0.15) is 42.5 Å². The zero-order valence-corrected chi connectivity index (χ0v) is 13.7. The molecule has 0 saturated carbocycles. The van der Waals surface area contributed by atoms with Crippen molar-refractivity contribution in [1.29, 1.82) is 0 Å². The van der Waals surface area contributed by atoms with Crippen molar-refractivity contribution in [2.75, 3.05) is 13.2 Å². The van der Waals surface area contributed by atoms with Crippen molar-refractivity contribution in [2.45, 2.75) is 45.8 Å². The van der Waals surface area contributed by atoms with E-state index in [1.807, 2.05) is 11.3 Å². The number of thiophene rings is 1. The summed E-state index contributed by atoms with van der Waals surface area (Å²) in [5.74, 6) is 0.633. The molecule has 0 amide bonds. The molecule has 0 spiro atoms. The van der Waals surface area contributed by atoms with Crippen LogP contribution in [0.2, 0.25) is 0 Å². The van der Waals surface area contributed by atoms with Crippen LogP contribution in [0.4, 0.5) is 0 Å². The number of nitrogens with one attached hydrogen (secondary N) is 1. The molecular formula is C14H22BrNOS. The molecular weight excluding hydrogens is 310 g/mol. The van der Waals surface area contributed by atoms with Gasteiger partial charge in [-0.15, -0.1) is 11.3 Å². The first-order valence-electron chi connectivity index (χ1n) is 6.74. The van der Waals surface area contributed by atoms with E-state index in [0.717, 1.165) is 19.6 Å². The van der Waals surface area contributed by atoms with E-state index in [1.54, 1.807) is 0 Å². The standard InChI is InChI=1S/C14H22BrNOS/c1-4-6-16-12(13-9(2)5-7-17-13)14-11(15)8-10(3)18-14/h8-9,12-13,16H,4-7H2,1-3H3. The average molecular weight is 332 g/mol. The van der Waals surface area contributed by atoms with Gasteiger partial charge >= 0.3 is 0 Å². The van der Waals surface area contributed by atoms with Crippen molar-refractivity contribution >= 4 is 27.3 Å². The van der Waals surface area contributed by atoms with E-state index in [1.165, 1.54) is 20.6 Å². The van der Waals surface area contributed by atoms with Crippen molar-refractivity contribution in [3.05, 3.63) is 20.3 Å². The minimum Gasteiger partial charge on any atom is -0.376 e. The van der Waals surface area contributed by atoms with Crippen molar-refractivity contribution in [3.63, 3.8) is 0 Å². The first-order valence-corrected chi connectivity index (χ1v) is 8.35. The molecule has 1 N–H and O–H groups in total. The molecule has 3 atom stereocenters. The highest BCUT2D eigenvalue weighted by Crippen LogP contribution is 2.38. The van der Waals surface area contributed by atoms with E-state index < -0.39 is 0 Å². The SMILES string of the molecule is CCCNC(c1sc(C)cc1Br)C1OCCC1C. The molecule has 1 aliphatic rings. The highest BCUT2D eigenvalue weighted by atomic mass is 79.9. The third-order valence-electron chi connectivity index (χ3n) is 3.51. The van der Waals surface area contributed by atoms with Crippen LogP contribution in [-0.4, -0.2) is 19.3 Å². The van der Waals surface area contributed by atoms with E-state index in [4.69, 9.17) is 4.74 Å². The Morgan fingerprint density at radius 1 is 1.61 bits per heavy atom. The number of halogens is 1. The summed E-state index contributed by atoms with van der Waals surface area (Å²) in [6, 6.07) is 2.54. The van der Waals surface area contributed by atoms with Gasteiger partial charge in [0.25, 0.3) is 0 Å². The molecule has 0 aromatic carbocycles. The first kappa shape index (κ1) is 14.5. The molecule has 1 aromatic rings. The molecule has 0 radical (unpaired) electrons. The number of rotatable bonds is 5. The molecule has 18 heavy (non-hydrogen) atoms. The van der Waals surface area contributed by atoms with Gasteiger partial charge < -0.3 is 10.1 Å². The second-order valence-corrected chi connectivity index (χ2v) is 7.24. The fourth-order valence-electron chi connectivity index (χ4n) is 2.51. The summed E-state index contributed by atoms with van der Waals surface area (Å²) in [7, 11) is 0. The summed E-state index contributed by atoms with van der Waals surface area (Å²) in [5, 5.41) is 3.67. The molecule has 102 valence electrons. The van der Waals surface area contributed by atoms with Crippen molar-refractivity contribution in [1.82, 2.24) is 5.32 Å². The van der Waals surface area contributed by atoms with Crippen LogP contribution in [0.25, 0.3) is 0 Å². The fourth-order valence-corrected chi connectivity index (χ4v) is 4.52. The maximum atomic E-state index is 5.97. The smallest absolute Gasteiger partial charge is 0.0804 e. The van der Waals surface area contributed by atoms with Gasteiger partial charge in [-0.1, -0.05) is 13.8 Å². The van der Waals surface area contributed by atoms with Crippen molar-refractivity contribution < 1.29 is 4.74 Å². The van der Waals surface area contributed by atoms with Crippen LogP contribution >= 0.6 is 27.3 Å². The largest absolute Gasteiger partial charge is 0.376 e. The maximum absolute atomic E-state index is 5.97. The molecule has 4 heteroatoms. The summed E-state index contributed by atoms with van der Waals surface area (Å²) in [6.45, 7) is 8.61. The van der Waals surface area contributed by atoms with Crippen molar-refractivity contribution in [3.8, 4) is 0 Å². The Morgan fingerprint density at radius 2 is 2.39 bits per heavy atom. The summed E-state index contributed by atoms with van der Waals surface area (Å²) >= 11 is 5.56. The molecule has 0 aliphatic carbocycles. The lowest BCUT2D eigenvalue weighted by Gasteiger charge is -2.27. The molecule has 1 saturated heterocycles. The van der Waals surface area contributed by atoms with Gasteiger partial charge in [0.15, 0.2) is 0 Å². The molecule has 2 heterocycles. The Hall–Kier alpha value is 0.1000. The molecule has 1 fully saturated rings. The Bertz CT molecular complexity index is 393. The number of hydrogen-bond acceptors (Lipinski definition) is 3. The van der Waals surface area contributed by atoms with E-state index in [-0.39, 0.29) is 0 Å². The monoisotopic (exact) mass is 331 g/mol. The third kappa shape index (κ3) is 3.16. The van der Waals surface area contributed by atoms with Crippen LogP contribution in [0.15, 0.2) is 10.5 Å². The van der Waals surface area contributed by atoms with Gasteiger partial charge in [-0.25, -0.2) is 0 Å². The van der Waals surface area contributed by atoms with Crippen LogP contribution in [0.5, 0.6) is 0 Å². The van der Waals surface area contributed by atoms with Gasteiger partial charge in [-0.3, -0.25) is 0 Å². The lowest BCUT2D eigenvalue weighted by Crippen LogP contribution is -2.34. The van der Waals surface area contributed by atoms with Crippen LogP contribution in [0, 0.1) is 12.8 Å². The van der Waals surface area contributed by atoms with Crippen LogP contribution < -0.4 is 5.32 Å².